The van der Waals surface area contributed by atoms with E-state index in [1.165, 1.54) is 0 Å². The monoisotopic (exact) mass is 213 g/mol. The molecule has 15 heavy (non-hydrogen) atoms. The maximum absolute atomic E-state index is 12.1. The van der Waals surface area contributed by atoms with Gasteiger partial charge in [-0.15, -0.1) is 0 Å². The second-order valence-electron chi connectivity index (χ2n) is 3.01. The third kappa shape index (κ3) is 3.32. The van der Waals surface area contributed by atoms with Crippen LogP contribution in [0.3, 0.4) is 0 Å². The van der Waals surface area contributed by atoms with Crippen LogP contribution in [-0.4, -0.2) is 13.2 Å². The molecule has 1 rings (SSSR count). The summed E-state index contributed by atoms with van der Waals surface area (Å²) in [5, 5.41) is 0. The average Bonchev–Trinajstić information content (AvgIpc) is 2.18. The molecule has 0 atom stereocenters. The van der Waals surface area contributed by atoms with Gasteiger partial charge >= 0.3 is 6.61 Å². The number of halogens is 2. The van der Waals surface area contributed by atoms with Crippen LogP contribution in [0, 0.1) is 6.92 Å². The molecule has 4 heteroatoms. The van der Waals surface area contributed by atoms with Crippen LogP contribution in [-0.2, 0) is 0 Å². The van der Waals surface area contributed by atoms with E-state index in [4.69, 9.17) is 5.73 Å². The lowest BCUT2D eigenvalue weighted by Crippen LogP contribution is -2.04. The molecule has 1 aromatic rings. The van der Waals surface area contributed by atoms with Crippen LogP contribution >= 0.6 is 0 Å². The standard InChI is InChI=1S/C11H13F2NO/c1-8-4-2-5-9(6-3-7-14)10(8)15-11(12)13/h2-6,11H,7,14H2,1H3/b6-3+. The van der Waals surface area contributed by atoms with Crippen LogP contribution in [0.15, 0.2) is 24.3 Å². The fourth-order valence-electron chi connectivity index (χ4n) is 1.25. The molecule has 0 amide bonds. The maximum atomic E-state index is 12.1. The van der Waals surface area contributed by atoms with Gasteiger partial charge in [-0.25, -0.2) is 0 Å². The number of hydrogen-bond acceptors (Lipinski definition) is 2. The van der Waals surface area contributed by atoms with Crippen molar-refractivity contribution in [1.82, 2.24) is 0 Å². The van der Waals surface area contributed by atoms with Crippen molar-refractivity contribution >= 4 is 6.08 Å². The number of aryl methyl sites for hydroxylation is 1. The number of rotatable bonds is 4. The second-order valence-corrected chi connectivity index (χ2v) is 3.01. The highest BCUT2D eigenvalue weighted by atomic mass is 19.3. The molecule has 0 saturated heterocycles. The van der Waals surface area contributed by atoms with Crippen LogP contribution in [0.5, 0.6) is 5.75 Å². The van der Waals surface area contributed by atoms with E-state index in [1.807, 2.05) is 0 Å². The van der Waals surface area contributed by atoms with Crippen molar-refractivity contribution < 1.29 is 13.5 Å². The van der Waals surface area contributed by atoms with E-state index in [1.54, 1.807) is 37.3 Å². The first kappa shape index (κ1) is 11.7. The summed E-state index contributed by atoms with van der Waals surface area (Å²) in [4.78, 5) is 0. The van der Waals surface area contributed by atoms with Gasteiger partial charge in [-0.2, -0.15) is 8.78 Å². The van der Waals surface area contributed by atoms with E-state index in [0.717, 1.165) is 0 Å². The Morgan fingerprint density at radius 3 is 2.80 bits per heavy atom. The molecular formula is C11H13F2NO. The summed E-state index contributed by atoms with van der Waals surface area (Å²) in [7, 11) is 0. The van der Waals surface area contributed by atoms with E-state index in [-0.39, 0.29) is 5.75 Å². The minimum absolute atomic E-state index is 0.206. The third-order valence-corrected chi connectivity index (χ3v) is 1.88. The molecule has 0 radical (unpaired) electrons. The van der Waals surface area contributed by atoms with Crippen LogP contribution in [0.1, 0.15) is 11.1 Å². The van der Waals surface area contributed by atoms with E-state index >= 15 is 0 Å². The molecule has 0 bridgehead atoms. The summed E-state index contributed by atoms with van der Waals surface area (Å²) < 4.78 is 28.7. The zero-order valence-corrected chi connectivity index (χ0v) is 8.41. The van der Waals surface area contributed by atoms with Gasteiger partial charge in [0.2, 0.25) is 0 Å². The van der Waals surface area contributed by atoms with Gasteiger partial charge in [0.15, 0.2) is 0 Å². The SMILES string of the molecule is Cc1cccc(/C=C/CN)c1OC(F)F. The lowest BCUT2D eigenvalue weighted by Gasteiger charge is -2.10. The van der Waals surface area contributed by atoms with Crippen molar-refractivity contribution in [1.29, 1.82) is 0 Å². The Bertz CT molecular complexity index is 350. The van der Waals surface area contributed by atoms with Crippen molar-refractivity contribution in [2.24, 2.45) is 5.73 Å². The highest BCUT2D eigenvalue weighted by molar-refractivity contribution is 5.59. The normalized spacial score (nSPS) is 11.3. The number of nitrogens with two attached hydrogens (primary N) is 1. The Morgan fingerprint density at radius 2 is 2.20 bits per heavy atom. The smallest absolute Gasteiger partial charge is 0.387 e. The van der Waals surface area contributed by atoms with Gasteiger partial charge in [0.05, 0.1) is 0 Å². The summed E-state index contributed by atoms with van der Waals surface area (Å²) in [6, 6.07) is 5.21. The molecule has 0 spiro atoms. The van der Waals surface area contributed by atoms with Gasteiger partial charge in [-0.1, -0.05) is 30.4 Å². The number of alkyl halides is 2. The Morgan fingerprint density at radius 1 is 1.47 bits per heavy atom. The largest absolute Gasteiger partial charge is 0.434 e. The minimum atomic E-state index is -2.81. The third-order valence-electron chi connectivity index (χ3n) is 1.88. The highest BCUT2D eigenvalue weighted by Crippen LogP contribution is 2.26. The molecule has 0 heterocycles. The van der Waals surface area contributed by atoms with Crippen molar-refractivity contribution in [3.05, 3.63) is 35.4 Å². The summed E-state index contributed by atoms with van der Waals surface area (Å²) in [6.07, 6.45) is 3.36. The van der Waals surface area contributed by atoms with E-state index in [2.05, 4.69) is 4.74 Å². The predicted octanol–water partition coefficient (Wildman–Crippen LogP) is 2.57. The molecule has 2 nitrogen and oxygen atoms in total. The number of benzene rings is 1. The van der Waals surface area contributed by atoms with Gasteiger partial charge in [0.1, 0.15) is 5.75 Å². The van der Waals surface area contributed by atoms with Gasteiger partial charge in [-0.05, 0) is 12.5 Å². The Kier molecular flexibility index (Phi) is 4.24. The number of para-hydroxylation sites is 1. The average molecular weight is 213 g/mol. The molecule has 82 valence electrons. The lowest BCUT2D eigenvalue weighted by atomic mass is 10.1. The van der Waals surface area contributed by atoms with Crippen LogP contribution < -0.4 is 10.5 Å². The van der Waals surface area contributed by atoms with Crippen molar-refractivity contribution in [3.63, 3.8) is 0 Å². The molecule has 0 aliphatic carbocycles. The second kappa shape index (κ2) is 5.46. The summed E-state index contributed by atoms with van der Waals surface area (Å²) in [5.74, 6) is 0.206. The van der Waals surface area contributed by atoms with E-state index < -0.39 is 6.61 Å². The molecule has 0 saturated carbocycles. The van der Waals surface area contributed by atoms with Crippen LogP contribution in [0.2, 0.25) is 0 Å². The summed E-state index contributed by atoms with van der Waals surface area (Å²) >= 11 is 0. The first-order chi connectivity index (χ1) is 7.15. The summed E-state index contributed by atoms with van der Waals surface area (Å²) in [5.41, 5.74) is 6.58. The fraction of sp³-hybridized carbons (Fsp3) is 0.273. The van der Waals surface area contributed by atoms with Crippen molar-refractivity contribution in [2.45, 2.75) is 13.5 Å². The molecule has 0 fully saturated rings. The van der Waals surface area contributed by atoms with Crippen LogP contribution in [0.25, 0.3) is 6.08 Å². The predicted molar refractivity (Wildman–Crippen MR) is 55.9 cm³/mol. The molecule has 0 unspecified atom stereocenters. The first-order valence-corrected chi connectivity index (χ1v) is 4.56. The van der Waals surface area contributed by atoms with Crippen molar-refractivity contribution in [2.75, 3.05) is 6.54 Å². The molecule has 1 aromatic carbocycles. The van der Waals surface area contributed by atoms with E-state index in [9.17, 15) is 8.78 Å². The van der Waals surface area contributed by atoms with Crippen molar-refractivity contribution in [3.8, 4) is 5.75 Å². The minimum Gasteiger partial charge on any atom is -0.434 e. The first-order valence-electron chi connectivity index (χ1n) is 4.56. The number of hydrogen-bond donors (Lipinski definition) is 1. The van der Waals surface area contributed by atoms with Gasteiger partial charge in [0.25, 0.3) is 0 Å². The zero-order chi connectivity index (χ0) is 11.3. The quantitative estimate of drug-likeness (QED) is 0.834. The molecular weight excluding hydrogens is 200 g/mol. The highest BCUT2D eigenvalue weighted by Gasteiger charge is 2.10. The molecule has 0 aromatic heterocycles. The Labute approximate surface area is 87.4 Å². The topological polar surface area (TPSA) is 35.2 Å². The molecule has 0 aliphatic heterocycles. The maximum Gasteiger partial charge on any atom is 0.387 e. The van der Waals surface area contributed by atoms with Gasteiger partial charge in [0, 0.05) is 12.1 Å². The molecule has 0 aliphatic rings. The lowest BCUT2D eigenvalue weighted by molar-refractivity contribution is -0.0504. The number of ether oxygens (including phenoxy) is 1. The summed E-state index contributed by atoms with van der Waals surface area (Å²) in [6.45, 7) is -0.726. The Balaban J connectivity index is 3.02. The molecule has 2 N–H and O–H groups in total. The Hall–Kier alpha value is -1.42. The zero-order valence-electron chi connectivity index (χ0n) is 8.41. The van der Waals surface area contributed by atoms with Crippen LogP contribution in [0.4, 0.5) is 8.78 Å². The van der Waals surface area contributed by atoms with Gasteiger partial charge in [-0.3, -0.25) is 0 Å². The van der Waals surface area contributed by atoms with Gasteiger partial charge < -0.3 is 10.5 Å². The van der Waals surface area contributed by atoms with E-state index in [0.29, 0.717) is 17.7 Å². The fourth-order valence-corrected chi connectivity index (χ4v) is 1.25.